The van der Waals surface area contributed by atoms with Crippen LogP contribution in [0.5, 0.6) is 5.75 Å². The Balaban J connectivity index is 0.000000921. The zero-order valence-corrected chi connectivity index (χ0v) is 9.53. The van der Waals surface area contributed by atoms with Crippen LogP contribution in [-0.4, -0.2) is 20.2 Å². The molecule has 0 radical (unpaired) electrons. The fourth-order valence-corrected chi connectivity index (χ4v) is 1.01. The third kappa shape index (κ3) is 3.16. The predicted octanol–water partition coefficient (Wildman–Crippen LogP) is 2.09. The molecular weight excluding hydrogens is 194 g/mol. The lowest BCUT2D eigenvalue weighted by Crippen LogP contribution is -2.06. The lowest BCUT2D eigenvalue weighted by Gasteiger charge is -2.07. The van der Waals surface area contributed by atoms with Gasteiger partial charge in [0.2, 0.25) is 0 Å². The Kier molecular flexibility index (Phi) is 5.94. The third-order valence-electron chi connectivity index (χ3n) is 1.69. The molecule has 2 N–H and O–H groups in total. The molecule has 0 atom stereocenters. The minimum atomic E-state index is -0.462. The lowest BCUT2D eigenvalue weighted by atomic mass is 10.1. The number of nitrogen functional groups attached to an aromatic ring is 1. The molecular formula is C11H17NO3. The molecule has 0 unspecified atom stereocenters. The highest BCUT2D eigenvalue weighted by Gasteiger charge is 2.12. The average Bonchev–Trinajstić information content (AvgIpc) is 2.31. The molecule has 0 saturated carbocycles. The predicted molar refractivity (Wildman–Crippen MR) is 60.1 cm³/mol. The molecule has 15 heavy (non-hydrogen) atoms. The minimum Gasteiger partial charge on any atom is -0.495 e. The van der Waals surface area contributed by atoms with Crippen molar-refractivity contribution in [2.75, 3.05) is 20.0 Å². The number of hydrogen-bond donors (Lipinski definition) is 1. The van der Waals surface area contributed by atoms with Crippen LogP contribution in [0.4, 0.5) is 5.69 Å². The number of rotatable bonds is 2. The second-order valence-electron chi connectivity index (χ2n) is 2.41. The summed E-state index contributed by atoms with van der Waals surface area (Å²) >= 11 is 0. The summed E-state index contributed by atoms with van der Waals surface area (Å²) in [6.07, 6.45) is 0. The highest BCUT2D eigenvalue weighted by molar-refractivity contribution is 5.96. The maximum absolute atomic E-state index is 11.1. The van der Waals surface area contributed by atoms with Crippen LogP contribution in [0.2, 0.25) is 0 Å². The monoisotopic (exact) mass is 211 g/mol. The minimum absolute atomic E-state index is 0.303. The maximum Gasteiger partial charge on any atom is 0.340 e. The van der Waals surface area contributed by atoms with Crippen molar-refractivity contribution in [3.05, 3.63) is 23.8 Å². The van der Waals surface area contributed by atoms with Gasteiger partial charge in [-0.2, -0.15) is 0 Å². The van der Waals surface area contributed by atoms with Gasteiger partial charge in [-0.05, 0) is 12.1 Å². The number of anilines is 1. The summed E-state index contributed by atoms with van der Waals surface area (Å²) in [6, 6.07) is 4.95. The van der Waals surface area contributed by atoms with Crippen molar-refractivity contribution in [1.82, 2.24) is 0 Å². The number of methoxy groups -OCH3 is 2. The summed E-state index contributed by atoms with van der Waals surface area (Å²) in [7, 11) is 2.80. The van der Waals surface area contributed by atoms with Gasteiger partial charge in [-0.1, -0.05) is 19.9 Å². The summed E-state index contributed by atoms with van der Waals surface area (Å²) in [5.74, 6) is 0.0132. The number of hydrogen-bond acceptors (Lipinski definition) is 4. The molecule has 4 heteroatoms. The van der Waals surface area contributed by atoms with Gasteiger partial charge in [0.15, 0.2) is 0 Å². The van der Waals surface area contributed by atoms with Crippen LogP contribution < -0.4 is 10.5 Å². The molecule has 1 aromatic carbocycles. The second-order valence-corrected chi connectivity index (χ2v) is 2.41. The highest BCUT2D eigenvalue weighted by Crippen LogP contribution is 2.24. The van der Waals surface area contributed by atoms with Gasteiger partial charge < -0.3 is 15.2 Å². The van der Waals surface area contributed by atoms with Gasteiger partial charge >= 0.3 is 5.97 Å². The van der Waals surface area contributed by atoms with E-state index in [1.807, 2.05) is 13.8 Å². The molecule has 84 valence electrons. The van der Waals surface area contributed by atoms with Gasteiger partial charge in [-0.3, -0.25) is 0 Å². The molecule has 4 nitrogen and oxygen atoms in total. The largest absolute Gasteiger partial charge is 0.495 e. The second kappa shape index (κ2) is 6.70. The summed E-state index contributed by atoms with van der Waals surface area (Å²) in [6.45, 7) is 4.00. The van der Waals surface area contributed by atoms with Crippen molar-refractivity contribution in [3.63, 3.8) is 0 Å². The number of carbonyl (C=O) groups is 1. The first-order valence-corrected chi connectivity index (χ1v) is 4.71. The van der Waals surface area contributed by atoms with Gasteiger partial charge in [0.1, 0.15) is 5.75 Å². The SMILES string of the molecule is CC.COC(=O)c1cccc(OC)c1N. The molecule has 0 spiro atoms. The quantitative estimate of drug-likeness (QED) is 0.601. The Bertz CT molecular complexity index is 324. The van der Waals surface area contributed by atoms with Crippen molar-refractivity contribution in [3.8, 4) is 5.75 Å². The van der Waals surface area contributed by atoms with Crippen molar-refractivity contribution in [2.24, 2.45) is 0 Å². The summed E-state index contributed by atoms with van der Waals surface area (Å²) in [4.78, 5) is 11.1. The summed E-state index contributed by atoms with van der Waals surface area (Å²) in [5.41, 5.74) is 6.27. The standard InChI is InChI=1S/C9H11NO3.C2H6/c1-12-7-5-3-4-6(8(7)10)9(11)13-2;1-2/h3-5H,10H2,1-2H3;1-2H3. The number of benzene rings is 1. The normalized spacial score (nSPS) is 8.53. The highest BCUT2D eigenvalue weighted by atomic mass is 16.5. The summed E-state index contributed by atoms with van der Waals surface area (Å²) < 4.78 is 9.49. The molecule has 0 aliphatic rings. The Hall–Kier alpha value is -1.71. The third-order valence-corrected chi connectivity index (χ3v) is 1.69. The van der Waals surface area contributed by atoms with Crippen LogP contribution in [0, 0.1) is 0 Å². The van der Waals surface area contributed by atoms with Gasteiger partial charge in [0.05, 0.1) is 25.5 Å². The van der Waals surface area contributed by atoms with E-state index in [9.17, 15) is 4.79 Å². The number of ether oxygens (including phenoxy) is 2. The van der Waals surface area contributed by atoms with Crippen molar-refractivity contribution < 1.29 is 14.3 Å². The van der Waals surface area contributed by atoms with Crippen LogP contribution in [0.3, 0.4) is 0 Å². The number of nitrogens with two attached hydrogens (primary N) is 1. The van der Waals surface area contributed by atoms with Crippen LogP contribution in [0.1, 0.15) is 24.2 Å². The molecule has 1 rings (SSSR count). The van der Waals surface area contributed by atoms with Crippen LogP contribution >= 0.6 is 0 Å². The molecule has 0 saturated heterocycles. The topological polar surface area (TPSA) is 61.5 Å². The molecule has 0 aliphatic carbocycles. The molecule has 0 heterocycles. The molecule has 0 fully saturated rings. The van der Waals surface area contributed by atoms with Gasteiger partial charge in [0.25, 0.3) is 0 Å². The molecule has 0 aliphatic heterocycles. The van der Waals surface area contributed by atoms with Gasteiger partial charge in [0, 0.05) is 0 Å². The van der Waals surface area contributed by atoms with Crippen LogP contribution in [0.25, 0.3) is 0 Å². The van der Waals surface area contributed by atoms with E-state index in [1.54, 1.807) is 18.2 Å². The van der Waals surface area contributed by atoms with E-state index in [2.05, 4.69) is 4.74 Å². The van der Waals surface area contributed by atoms with Crippen molar-refractivity contribution in [1.29, 1.82) is 0 Å². The van der Waals surface area contributed by atoms with E-state index in [4.69, 9.17) is 10.5 Å². The lowest BCUT2D eigenvalue weighted by molar-refractivity contribution is 0.0601. The number of carbonyl (C=O) groups excluding carboxylic acids is 1. The van der Waals surface area contributed by atoms with Crippen LogP contribution in [-0.2, 0) is 4.74 Å². The molecule has 1 aromatic rings. The smallest absolute Gasteiger partial charge is 0.340 e. The van der Waals surface area contributed by atoms with E-state index < -0.39 is 5.97 Å². The molecule has 0 bridgehead atoms. The zero-order valence-electron chi connectivity index (χ0n) is 9.53. The van der Waals surface area contributed by atoms with E-state index in [0.717, 1.165) is 0 Å². The van der Waals surface area contributed by atoms with E-state index in [0.29, 0.717) is 17.0 Å². The first kappa shape index (κ1) is 13.3. The Morgan fingerprint density at radius 3 is 2.33 bits per heavy atom. The average molecular weight is 211 g/mol. The molecule has 0 aromatic heterocycles. The Labute approximate surface area is 90.0 Å². The fourth-order valence-electron chi connectivity index (χ4n) is 1.01. The van der Waals surface area contributed by atoms with E-state index in [-0.39, 0.29) is 0 Å². The van der Waals surface area contributed by atoms with Gasteiger partial charge in [-0.15, -0.1) is 0 Å². The van der Waals surface area contributed by atoms with E-state index >= 15 is 0 Å². The van der Waals surface area contributed by atoms with Gasteiger partial charge in [-0.25, -0.2) is 4.79 Å². The Morgan fingerprint density at radius 1 is 1.27 bits per heavy atom. The number of para-hydroxylation sites is 1. The number of esters is 1. The van der Waals surface area contributed by atoms with Crippen molar-refractivity contribution in [2.45, 2.75) is 13.8 Å². The van der Waals surface area contributed by atoms with E-state index in [1.165, 1.54) is 14.2 Å². The first-order chi connectivity index (χ1) is 7.20. The first-order valence-electron chi connectivity index (χ1n) is 4.71. The maximum atomic E-state index is 11.1. The Morgan fingerprint density at radius 2 is 1.87 bits per heavy atom. The van der Waals surface area contributed by atoms with Crippen molar-refractivity contribution >= 4 is 11.7 Å². The molecule has 0 amide bonds. The zero-order chi connectivity index (χ0) is 11.8. The fraction of sp³-hybridized carbons (Fsp3) is 0.364. The summed E-state index contributed by atoms with van der Waals surface area (Å²) in [5, 5.41) is 0. The van der Waals surface area contributed by atoms with Crippen LogP contribution in [0.15, 0.2) is 18.2 Å².